The molecule has 2 amide bonds. The van der Waals surface area contributed by atoms with Crippen molar-refractivity contribution in [1.82, 2.24) is 10.6 Å². The summed E-state index contributed by atoms with van der Waals surface area (Å²) >= 11 is 0. The molecule has 1 unspecified atom stereocenters. The molecule has 126 valence electrons. The van der Waals surface area contributed by atoms with Crippen molar-refractivity contribution in [3.05, 3.63) is 65.7 Å². The van der Waals surface area contributed by atoms with Crippen molar-refractivity contribution in [2.45, 2.75) is 12.6 Å². The topological polar surface area (TPSA) is 93.4 Å². The van der Waals surface area contributed by atoms with Crippen LogP contribution in [-0.2, 0) is 16.1 Å². The Hall–Kier alpha value is -2.86. The van der Waals surface area contributed by atoms with E-state index in [4.69, 9.17) is 10.5 Å². The maximum atomic E-state index is 11.7. The molecule has 0 aliphatic heterocycles. The third kappa shape index (κ3) is 5.10. The van der Waals surface area contributed by atoms with E-state index in [0.29, 0.717) is 12.3 Å². The molecule has 0 heterocycles. The van der Waals surface area contributed by atoms with Gasteiger partial charge in [-0.05, 0) is 23.3 Å². The maximum Gasteiger partial charge on any atom is 0.257 e. The molecule has 0 radical (unpaired) electrons. The monoisotopic (exact) mass is 327 g/mol. The first-order chi connectivity index (χ1) is 11.6. The van der Waals surface area contributed by atoms with Crippen molar-refractivity contribution >= 4 is 11.8 Å². The van der Waals surface area contributed by atoms with Gasteiger partial charge in [-0.25, -0.2) is 0 Å². The fourth-order valence-corrected chi connectivity index (χ4v) is 2.21. The van der Waals surface area contributed by atoms with Crippen LogP contribution in [0.4, 0.5) is 0 Å². The molecular formula is C18H21N3O3. The first-order valence-electron chi connectivity index (χ1n) is 7.60. The van der Waals surface area contributed by atoms with Crippen LogP contribution in [0.3, 0.4) is 0 Å². The third-order valence-electron chi connectivity index (χ3n) is 3.47. The van der Waals surface area contributed by atoms with Crippen LogP contribution in [0.5, 0.6) is 5.75 Å². The quantitative estimate of drug-likeness (QED) is 0.677. The number of rotatable bonds is 8. The van der Waals surface area contributed by atoms with Crippen molar-refractivity contribution in [2.75, 3.05) is 13.7 Å². The summed E-state index contributed by atoms with van der Waals surface area (Å²) in [4.78, 5) is 22.9. The van der Waals surface area contributed by atoms with Crippen LogP contribution >= 0.6 is 0 Å². The SMILES string of the molecule is CNC(=O)COc1cccc(CNC(C(N)=O)c2ccccc2)c1. The highest BCUT2D eigenvalue weighted by Crippen LogP contribution is 2.16. The molecule has 0 bridgehead atoms. The molecule has 24 heavy (non-hydrogen) atoms. The highest BCUT2D eigenvalue weighted by Gasteiger charge is 2.16. The van der Waals surface area contributed by atoms with E-state index in [9.17, 15) is 9.59 Å². The lowest BCUT2D eigenvalue weighted by atomic mass is 10.1. The Bertz CT molecular complexity index is 689. The van der Waals surface area contributed by atoms with Crippen LogP contribution in [0.15, 0.2) is 54.6 Å². The lowest BCUT2D eigenvalue weighted by Gasteiger charge is -2.16. The average Bonchev–Trinajstić information content (AvgIpc) is 2.61. The fraction of sp³-hybridized carbons (Fsp3) is 0.222. The fourth-order valence-electron chi connectivity index (χ4n) is 2.21. The lowest BCUT2D eigenvalue weighted by molar-refractivity contribution is -0.122. The number of amides is 2. The van der Waals surface area contributed by atoms with Crippen LogP contribution in [0, 0.1) is 0 Å². The average molecular weight is 327 g/mol. The molecule has 4 N–H and O–H groups in total. The van der Waals surface area contributed by atoms with E-state index in [1.807, 2.05) is 48.5 Å². The summed E-state index contributed by atoms with van der Waals surface area (Å²) in [6.45, 7) is 0.404. The summed E-state index contributed by atoms with van der Waals surface area (Å²) in [7, 11) is 1.56. The molecule has 2 aromatic rings. The second kappa shape index (κ2) is 8.69. The Morgan fingerprint density at radius 3 is 2.54 bits per heavy atom. The van der Waals surface area contributed by atoms with Gasteiger partial charge in [0.2, 0.25) is 5.91 Å². The van der Waals surface area contributed by atoms with Gasteiger partial charge in [0.25, 0.3) is 5.91 Å². The van der Waals surface area contributed by atoms with Gasteiger partial charge in [-0.1, -0.05) is 42.5 Å². The van der Waals surface area contributed by atoms with Gasteiger partial charge in [-0.15, -0.1) is 0 Å². The molecule has 0 saturated heterocycles. The highest BCUT2D eigenvalue weighted by atomic mass is 16.5. The number of nitrogens with two attached hydrogens (primary N) is 1. The van der Waals surface area contributed by atoms with Gasteiger partial charge < -0.3 is 15.8 Å². The van der Waals surface area contributed by atoms with E-state index >= 15 is 0 Å². The van der Waals surface area contributed by atoms with Crippen molar-refractivity contribution in [3.8, 4) is 5.75 Å². The second-order valence-corrected chi connectivity index (χ2v) is 5.24. The number of nitrogens with one attached hydrogen (secondary N) is 2. The molecule has 0 saturated carbocycles. The summed E-state index contributed by atoms with van der Waals surface area (Å²) in [5.74, 6) is -0.0437. The van der Waals surface area contributed by atoms with E-state index in [2.05, 4.69) is 10.6 Å². The zero-order valence-electron chi connectivity index (χ0n) is 13.5. The normalized spacial score (nSPS) is 11.5. The predicted molar refractivity (Wildman–Crippen MR) is 91.2 cm³/mol. The molecule has 0 aliphatic carbocycles. The Morgan fingerprint density at radius 2 is 1.88 bits per heavy atom. The largest absolute Gasteiger partial charge is 0.484 e. The summed E-state index contributed by atoms with van der Waals surface area (Å²) in [6.07, 6.45) is 0. The molecule has 6 heteroatoms. The minimum Gasteiger partial charge on any atom is -0.484 e. The van der Waals surface area contributed by atoms with E-state index in [0.717, 1.165) is 11.1 Å². The minimum absolute atomic E-state index is 0.0404. The molecular weight excluding hydrogens is 306 g/mol. The van der Waals surface area contributed by atoms with E-state index in [-0.39, 0.29) is 12.5 Å². The zero-order valence-corrected chi connectivity index (χ0v) is 13.5. The summed E-state index contributed by atoms with van der Waals surface area (Å²) in [6, 6.07) is 16.1. The minimum atomic E-state index is -0.568. The third-order valence-corrected chi connectivity index (χ3v) is 3.47. The maximum absolute atomic E-state index is 11.7. The van der Waals surface area contributed by atoms with E-state index < -0.39 is 11.9 Å². The number of hydrogen-bond acceptors (Lipinski definition) is 4. The molecule has 0 fully saturated rings. The van der Waals surface area contributed by atoms with Gasteiger partial charge in [0.1, 0.15) is 11.8 Å². The first kappa shape index (κ1) is 17.5. The first-order valence-corrected chi connectivity index (χ1v) is 7.60. The number of primary amides is 1. The van der Waals surface area contributed by atoms with Crippen molar-refractivity contribution in [1.29, 1.82) is 0 Å². The van der Waals surface area contributed by atoms with Gasteiger partial charge in [0, 0.05) is 13.6 Å². The van der Waals surface area contributed by atoms with Crippen LogP contribution in [0.2, 0.25) is 0 Å². The molecule has 6 nitrogen and oxygen atoms in total. The number of carbonyl (C=O) groups is 2. The van der Waals surface area contributed by atoms with Gasteiger partial charge in [0.15, 0.2) is 6.61 Å². The molecule has 0 aromatic heterocycles. The lowest BCUT2D eigenvalue weighted by Crippen LogP contribution is -2.33. The van der Waals surface area contributed by atoms with Crippen LogP contribution in [0.1, 0.15) is 17.2 Å². The van der Waals surface area contributed by atoms with Gasteiger partial charge in [-0.2, -0.15) is 0 Å². The van der Waals surface area contributed by atoms with Crippen molar-refractivity contribution in [3.63, 3.8) is 0 Å². The van der Waals surface area contributed by atoms with Crippen LogP contribution in [-0.4, -0.2) is 25.5 Å². The number of carbonyl (C=O) groups excluding carboxylic acids is 2. The summed E-state index contributed by atoms with van der Waals surface area (Å²) in [5.41, 5.74) is 7.23. The number of likely N-dealkylation sites (N-methyl/N-ethyl adjacent to an activating group) is 1. The Kier molecular flexibility index (Phi) is 6.33. The molecule has 1 atom stereocenters. The highest BCUT2D eigenvalue weighted by molar-refractivity contribution is 5.81. The predicted octanol–water partition coefficient (Wildman–Crippen LogP) is 1.13. The Morgan fingerprint density at radius 1 is 1.12 bits per heavy atom. The van der Waals surface area contributed by atoms with Gasteiger partial charge >= 0.3 is 0 Å². The summed E-state index contributed by atoms with van der Waals surface area (Å²) < 4.78 is 5.41. The Balaban J connectivity index is 2.00. The smallest absolute Gasteiger partial charge is 0.257 e. The zero-order chi connectivity index (χ0) is 17.4. The van der Waals surface area contributed by atoms with Crippen molar-refractivity contribution < 1.29 is 14.3 Å². The molecule has 2 rings (SSSR count). The van der Waals surface area contributed by atoms with Gasteiger partial charge in [-0.3, -0.25) is 14.9 Å². The number of benzene rings is 2. The van der Waals surface area contributed by atoms with Crippen molar-refractivity contribution in [2.24, 2.45) is 5.73 Å². The number of hydrogen-bond donors (Lipinski definition) is 3. The van der Waals surface area contributed by atoms with Crippen LogP contribution < -0.4 is 21.1 Å². The van der Waals surface area contributed by atoms with E-state index in [1.54, 1.807) is 13.1 Å². The van der Waals surface area contributed by atoms with Gasteiger partial charge in [0.05, 0.1) is 0 Å². The molecule has 2 aromatic carbocycles. The second-order valence-electron chi connectivity index (χ2n) is 5.24. The number of ether oxygens (including phenoxy) is 1. The molecule has 0 aliphatic rings. The standard InChI is InChI=1S/C18H21N3O3/c1-20-16(22)12-24-15-9-5-6-13(10-15)11-21-17(18(19)23)14-7-3-2-4-8-14/h2-10,17,21H,11-12H2,1H3,(H2,19,23)(H,20,22). The van der Waals surface area contributed by atoms with E-state index in [1.165, 1.54) is 0 Å². The summed E-state index contributed by atoms with van der Waals surface area (Å²) in [5, 5.41) is 5.64. The van der Waals surface area contributed by atoms with Crippen LogP contribution in [0.25, 0.3) is 0 Å². The molecule has 0 spiro atoms. The Labute approximate surface area is 141 Å².